The van der Waals surface area contributed by atoms with Gasteiger partial charge in [-0.15, -0.1) is 0 Å². The van der Waals surface area contributed by atoms with Gasteiger partial charge in [0.1, 0.15) is 11.3 Å². The van der Waals surface area contributed by atoms with Crippen molar-refractivity contribution in [2.45, 2.75) is 39.2 Å². The molecule has 2 heterocycles. The highest BCUT2D eigenvalue weighted by molar-refractivity contribution is 5.84. The summed E-state index contributed by atoms with van der Waals surface area (Å²) in [5.41, 5.74) is 0.150. The van der Waals surface area contributed by atoms with E-state index in [1.54, 1.807) is 29.2 Å². The molecule has 2 aromatic carbocycles. The molecule has 0 bridgehead atoms. The molecule has 13 heteroatoms. The van der Waals surface area contributed by atoms with E-state index in [9.17, 15) is 27.6 Å². The number of amides is 2. The average Bonchev–Trinajstić information content (AvgIpc) is 2.94. The Balaban J connectivity index is 1.24. The molecule has 3 aromatic rings. The Kier molecular flexibility index (Phi) is 10.1. The summed E-state index contributed by atoms with van der Waals surface area (Å²) in [5.74, 6) is -4.34. The fraction of sp³-hybridized carbons (Fsp3) is 0.400. The highest BCUT2D eigenvalue weighted by Crippen LogP contribution is 2.17. The van der Waals surface area contributed by atoms with Gasteiger partial charge in [-0.05, 0) is 44.9 Å². The van der Waals surface area contributed by atoms with Crippen molar-refractivity contribution in [3.8, 4) is 5.69 Å². The number of hydrogen-bond acceptors (Lipinski definition) is 7. The van der Waals surface area contributed by atoms with Crippen LogP contribution < -0.4 is 10.7 Å². The maximum atomic E-state index is 13.7. The van der Waals surface area contributed by atoms with Gasteiger partial charge in [0.2, 0.25) is 5.43 Å². The second-order valence-electron chi connectivity index (χ2n) is 11.1. The van der Waals surface area contributed by atoms with Crippen LogP contribution in [0.15, 0.2) is 53.5 Å². The predicted octanol–water partition coefficient (Wildman–Crippen LogP) is 4.73. The molecule has 0 spiro atoms. The molecule has 1 N–H and O–H groups in total. The van der Waals surface area contributed by atoms with Crippen LogP contribution in [0.25, 0.3) is 5.69 Å². The van der Waals surface area contributed by atoms with Gasteiger partial charge in [0, 0.05) is 69.2 Å². The van der Waals surface area contributed by atoms with Gasteiger partial charge < -0.3 is 14.4 Å². The van der Waals surface area contributed by atoms with Gasteiger partial charge in [0.15, 0.2) is 17.5 Å². The van der Waals surface area contributed by atoms with E-state index in [0.29, 0.717) is 50.4 Å². The smallest absolute Gasteiger partial charge is 0.411 e. The van der Waals surface area contributed by atoms with E-state index in [0.717, 1.165) is 16.8 Å². The summed E-state index contributed by atoms with van der Waals surface area (Å²) in [4.78, 5) is 40.8. The molecule has 2 amide bonds. The van der Waals surface area contributed by atoms with E-state index in [1.807, 2.05) is 20.8 Å². The van der Waals surface area contributed by atoms with E-state index in [2.05, 4.69) is 15.3 Å². The molecule has 4 rings (SSSR count). The second-order valence-corrected chi connectivity index (χ2v) is 11.1. The van der Waals surface area contributed by atoms with Crippen LogP contribution in [0.4, 0.5) is 28.4 Å². The standard InChI is InChI=1S/C30H34F3N5O5/c1-30(2,3)43-29(41)37-13-11-36(12-14-37)9-5-15-42-28(40)34-21-7-4-6-20(16-21)17-25-26(39)8-10-38(35-25)22-18-23(31)27(33)24(32)19-22/h4,6-8,10,16,18-19H,5,9,11-15,17H2,1-3H3,(H,34,40). The fourth-order valence-corrected chi connectivity index (χ4v) is 4.43. The molecule has 1 aliphatic rings. The highest BCUT2D eigenvalue weighted by atomic mass is 19.2. The van der Waals surface area contributed by atoms with Crippen LogP contribution in [-0.2, 0) is 15.9 Å². The number of carbonyl (C=O) groups is 2. The first kappa shape index (κ1) is 31.5. The number of piperazine rings is 1. The second kappa shape index (κ2) is 13.7. The Labute approximate surface area is 247 Å². The molecule has 0 unspecified atom stereocenters. The van der Waals surface area contributed by atoms with Crippen molar-refractivity contribution >= 4 is 17.9 Å². The lowest BCUT2D eigenvalue weighted by molar-refractivity contribution is 0.0140. The molecule has 43 heavy (non-hydrogen) atoms. The number of nitrogens with one attached hydrogen (secondary N) is 1. The Morgan fingerprint density at radius 2 is 1.70 bits per heavy atom. The van der Waals surface area contributed by atoms with E-state index in [1.165, 1.54) is 12.3 Å². The number of halogens is 3. The van der Waals surface area contributed by atoms with Gasteiger partial charge in [-0.3, -0.25) is 15.0 Å². The summed E-state index contributed by atoms with van der Waals surface area (Å²) in [6.07, 6.45) is 0.973. The lowest BCUT2D eigenvalue weighted by Crippen LogP contribution is -2.50. The maximum absolute atomic E-state index is 13.7. The van der Waals surface area contributed by atoms with Crippen molar-refractivity contribution in [3.05, 3.63) is 87.6 Å². The molecule has 1 aromatic heterocycles. The van der Waals surface area contributed by atoms with Gasteiger partial charge in [-0.25, -0.2) is 27.4 Å². The van der Waals surface area contributed by atoms with Gasteiger partial charge in [-0.2, -0.15) is 5.10 Å². The zero-order chi connectivity index (χ0) is 31.1. The van der Waals surface area contributed by atoms with Crippen molar-refractivity contribution in [3.63, 3.8) is 0 Å². The summed E-state index contributed by atoms with van der Waals surface area (Å²) < 4.78 is 52.5. The monoisotopic (exact) mass is 601 g/mol. The van der Waals surface area contributed by atoms with Gasteiger partial charge in [0.05, 0.1) is 12.3 Å². The number of aromatic nitrogens is 2. The quantitative estimate of drug-likeness (QED) is 0.294. The van der Waals surface area contributed by atoms with E-state index in [-0.39, 0.29) is 30.5 Å². The summed E-state index contributed by atoms with van der Waals surface area (Å²) in [6, 6.07) is 9.49. The minimum absolute atomic E-state index is 0.0671. The van der Waals surface area contributed by atoms with Crippen molar-refractivity contribution in [1.82, 2.24) is 19.6 Å². The molecular formula is C30H34F3N5O5. The summed E-state index contributed by atoms with van der Waals surface area (Å²) in [6.45, 7) is 8.98. The number of anilines is 1. The molecule has 0 saturated carbocycles. The first-order valence-electron chi connectivity index (χ1n) is 13.8. The molecule has 1 saturated heterocycles. The maximum Gasteiger partial charge on any atom is 0.411 e. The van der Waals surface area contributed by atoms with Crippen LogP contribution in [0.5, 0.6) is 0 Å². The first-order chi connectivity index (χ1) is 20.4. The number of benzene rings is 2. The molecule has 0 atom stereocenters. The van der Waals surface area contributed by atoms with Crippen molar-refractivity contribution < 1.29 is 32.2 Å². The van der Waals surface area contributed by atoms with Gasteiger partial charge in [-0.1, -0.05) is 12.1 Å². The third-order valence-electron chi connectivity index (χ3n) is 6.53. The molecule has 1 aliphatic heterocycles. The lowest BCUT2D eigenvalue weighted by Gasteiger charge is -2.35. The number of nitrogens with zero attached hydrogens (tertiary/aromatic N) is 4. The fourth-order valence-electron chi connectivity index (χ4n) is 4.43. The van der Waals surface area contributed by atoms with E-state index in [4.69, 9.17) is 9.47 Å². The Morgan fingerprint density at radius 3 is 2.37 bits per heavy atom. The molecule has 0 radical (unpaired) electrons. The van der Waals surface area contributed by atoms with Gasteiger partial charge in [0.25, 0.3) is 0 Å². The topological polar surface area (TPSA) is 106 Å². The number of hydrogen-bond donors (Lipinski definition) is 1. The largest absolute Gasteiger partial charge is 0.449 e. The normalized spacial score (nSPS) is 14.0. The third kappa shape index (κ3) is 9.05. The molecule has 230 valence electrons. The van der Waals surface area contributed by atoms with Crippen LogP contribution in [-0.4, -0.2) is 76.7 Å². The number of rotatable bonds is 8. The Hall–Kier alpha value is -4.39. The molecular weight excluding hydrogens is 567 g/mol. The predicted molar refractivity (Wildman–Crippen MR) is 153 cm³/mol. The zero-order valence-electron chi connectivity index (χ0n) is 24.2. The highest BCUT2D eigenvalue weighted by Gasteiger charge is 2.25. The summed E-state index contributed by atoms with van der Waals surface area (Å²) in [7, 11) is 0. The van der Waals surface area contributed by atoms with Crippen molar-refractivity contribution in [1.29, 1.82) is 0 Å². The minimum atomic E-state index is -1.59. The number of ether oxygens (including phenoxy) is 2. The zero-order valence-corrected chi connectivity index (χ0v) is 24.2. The van der Waals surface area contributed by atoms with Crippen LogP contribution in [0.2, 0.25) is 0 Å². The number of carbonyl (C=O) groups excluding carboxylic acids is 2. The average molecular weight is 602 g/mol. The SMILES string of the molecule is CC(C)(C)OC(=O)N1CCN(CCCOC(=O)Nc2cccc(Cc3nn(-c4cc(F)c(F)c(F)c4)ccc3=O)c2)CC1. The van der Waals surface area contributed by atoms with Crippen LogP contribution in [0, 0.1) is 17.5 Å². The molecule has 10 nitrogen and oxygen atoms in total. The molecule has 0 aliphatic carbocycles. The van der Waals surface area contributed by atoms with Crippen LogP contribution in [0.1, 0.15) is 38.4 Å². The lowest BCUT2D eigenvalue weighted by atomic mass is 10.1. The minimum Gasteiger partial charge on any atom is -0.449 e. The van der Waals surface area contributed by atoms with E-state index < -0.39 is 34.6 Å². The Morgan fingerprint density at radius 1 is 1.00 bits per heavy atom. The van der Waals surface area contributed by atoms with Gasteiger partial charge >= 0.3 is 12.2 Å². The van der Waals surface area contributed by atoms with Crippen LogP contribution in [0.3, 0.4) is 0 Å². The third-order valence-corrected chi connectivity index (χ3v) is 6.53. The van der Waals surface area contributed by atoms with E-state index >= 15 is 0 Å². The van der Waals surface area contributed by atoms with Crippen LogP contribution >= 0.6 is 0 Å². The summed E-state index contributed by atoms with van der Waals surface area (Å²) >= 11 is 0. The first-order valence-corrected chi connectivity index (χ1v) is 13.8. The Bertz CT molecular complexity index is 1490. The van der Waals surface area contributed by atoms with Crippen molar-refractivity contribution in [2.24, 2.45) is 0 Å². The summed E-state index contributed by atoms with van der Waals surface area (Å²) in [5, 5.41) is 6.82. The van der Waals surface area contributed by atoms with Crippen molar-refractivity contribution in [2.75, 3.05) is 44.6 Å². The molecule has 1 fully saturated rings.